The van der Waals surface area contributed by atoms with Gasteiger partial charge in [0.2, 0.25) is 11.8 Å². The molecule has 0 saturated heterocycles. The van der Waals surface area contributed by atoms with E-state index in [1.54, 1.807) is 6.07 Å². The van der Waals surface area contributed by atoms with Gasteiger partial charge in [-0.05, 0) is 23.6 Å². The highest BCUT2D eigenvalue weighted by atomic mass is 19.1. The summed E-state index contributed by atoms with van der Waals surface area (Å²) in [5.74, 6) is -2.02. The van der Waals surface area contributed by atoms with E-state index in [-0.39, 0.29) is 12.3 Å². The molecule has 0 aromatic heterocycles. The van der Waals surface area contributed by atoms with Crippen molar-refractivity contribution in [2.24, 2.45) is 5.92 Å². The lowest BCUT2D eigenvalue weighted by Gasteiger charge is -2.25. The fraction of sp³-hybridized carbons (Fsp3) is 0.500. The summed E-state index contributed by atoms with van der Waals surface area (Å²) in [6, 6.07) is 4.06. The van der Waals surface area contributed by atoms with Crippen LogP contribution in [-0.4, -0.2) is 37.0 Å². The minimum absolute atomic E-state index is 0.109. The zero-order valence-electron chi connectivity index (χ0n) is 15.0. The first kappa shape index (κ1) is 20.6. The molecule has 0 unspecified atom stereocenters. The van der Waals surface area contributed by atoms with Gasteiger partial charge in [-0.15, -0.1) is 0 Å². The fourth-order valence-corrected chi connectivity index (χ4v) is 2.40. The van der Waals surface area contributed by atoms with Crippen molar-refractivity contribution in [2.45, 2.75) is 45.7 Å². The summed E-state index contributed by atoms with van der Waals surface area (Å²) in [4.78, 5) is 35.9. The zero-order valence-corrected chi connectivity index (χ0v) is 15.0. The number of nitrogens with one attached hydrogen (secondary N) is 2. The van der Waals surface area contributed by atoms with Crippen molar-refractivity contribution in [2.75, 3.05) is 7.11 Å². The highest BCUT2D eigenvalue weighted by Gasteiger charge is 2.30. The van der Waals surface area contributed by atoms with Crippen LogP contribution in [0.5, 0.6) is 0 Å². The standard InChI is InChI=1S/C18H25FN2O4/c1-5-11(2)16(18(24)25-4)21-17(23)15(20-12(3)22)10-13-7-6-8-14(19)9-13/h6-9,11,15-16H,5,10H2,1-4H3,(H,20,22)(H,21,23)/t11-,15-,16+/m1/s1. The molecular formula is C18H25FN2O4. The third kappa shape index (κ3) is 6.52. The predicted octanol–water partition coefficient (Wildman–Crippen LogP) is 1.58. The fourth-order valence-electron chi connectivity index (χ4n) is 2.40. The van der Waals surface area contributed by atoms with Gasteiger partial charge in [0.05, 0.1) is 7.11 Å². The zero-order chi connectivity index (χ0) is 19.0. The molecule has 1 aromatic carbocycles. The van der Waals surface area contributed by atoms with Crippen molar-refractivity contribution in [3.05, 3.63) is 35.6 Å². The topological polar surface area (TPSA) is 84.5 Å². The second-order valence-electron chi connectivity index (χ2n) is 5.98. The number of rotatable bonds is 8. The monoisotopic (exact) mass is 352 g/mol. The van der Waals surface area contributed by atoms with E-state index >= 15 is 0 Å². The van der Waals surface area contributed by atoms with Crippen LogP contribution >= 0.6 is 0 Å². The van der Waals surface area contributed by atoms with Gasteiger partial charge in [-0.3, -0.25) is 9.59 Å². The number of benzene rings is 1. The molecular weight excluding hydrogens is 327 g/mol. The van der Waals surface area contributed by atoms with Crippen LogP contribution in [0.15, 0.2) is 24.3 Å². The van der Waals surface area contributed by atoms with Crippen LogP contribution in [0.4, 0.5) is 4.39 Å². The first-order valence-corrected chi connectivity index (χ1v) is 8.18. The lowest BCUT2D eigenvalue weighted by Crippen LogP contribution is -2.54. The first-order valence-electron chi connectivity index (χ1n) is 8.18. The number of methoxy groups -OCH3 is 1. The van der Waals surface area contributed by atoms with Gasteiger partial charge in [-0.1, -0.05) is 32.4 Å². The second-order valence-corrected chi connectivity index (χ2v) is 5.98. The van der Waals surface area contributed by atoms with Crippen LogP contribution < -0.4 is 10.6 Å². The first-order chi connectivity index (χ1) is 11.8. The van der Waals surface area contributed by atoms with Gasteiger partial charge in [-0.2, -0.15) is 0 Å². The molecule has 1 aromatic rings. The third-order valence-electron chi connectivity index (χ3n) is 3.99. The molecule has 0 saturated carbocycles. The second kappa shape index (κ2) is 9.76. The lowest BCUT2D eigenvalue weighted by molar-refractivity contribution is -0.146. The van der Waals surface area contributed by atoms with Crippen molar-refractivity contribution in [3.63, 3.8) is 0 Å². The number of esters is 1. The Bertz CT molecular complexity index is 621. The van der Waals surface area contributed by atoms with Crippen LogP contribution in [0.25, 0.3) is 0 Å². The molecule has 138 valence electrons. The number of hydrogen-bond acceptors (Lipinski definition) is 4. The largest absolute Gasteiger partial charge is 0.467 e. The highest BCUT2D eigenvalue weighted by Crippen LogP contribution is 2.11. The Morgan fingerprint density at radius 3 is 2.44 bits per heavy atom. The maximum atomic E-state index is 13.3. The summed E-state index contributed by atoms with van der Waals surface area (Å²) in [7, 11) is 1.25. The molecule has 1 rings (SSSR count). The Morgan fingerprint density at radius 2 is 1.92 bits per heavy atom. The van der Waals surface area contributed by atoms with E-state index in [1.165, 1.54) is 32.2 Å². The van der Waals surface area contributed by atoms with Crippen LogP contribution in [0.2, 0.25) is 0 Å². The van der Waals surface area contributed by atoms with Crippen LogP contribution in [0.1, 0.15) is 32.8 Å². The van der Waals surface area contributed by atoms with E-state index in [4.69, 9.17) is 4.74 Å². The van der Waals surface area contributed by atoms with E-state index in [0.29, 0.717) is 12.0 Å². The van der Waals surface area contributed by atoms with Gasteiger partial charge in [0.1, 0.15) is 17.9 Å². The van der Waals surface area contributed by atoms with Crippen molar-refractivity contribution in [3.8, 4) is 0 Å². The average molecular weight is 352 g/mol. The molecule has 0 fully saturated rings. The van der Waals surface area contributed by atoms with E-state index in [0.717, 1.165) is 0 Å². The molecule has 0 aliphatic heterocycles. The van der Waals surface area contributed by atoms with Gasteiger partial charge < -0.3 is 15.4 Å². The number of hydrogen-bond donors (Lipinski definition) is 2. The molecule has 2 N–H and O–H groups in total. The van der Waals surface area contributed by atoms with Crippen LogP contribution in [0.3, 0.4) is 0 Å². The highest BCUT2D eigenvalue weighted by molar-refractivity contribution is 5.90. The maximum absolute atomic E-state index is 13.3. The molecule has 0 spiro atoms. The van der Waals surface area contributed by atoms with Crippen LogP contribution in [-0.2, 0) is 25.5 Å². The molecule has 3 atom stereocenters. The van der Waals surface area contributed by atoms with E-state index in [2.05, 4.69) is 10.6 Å². The van der Waals surface area contributed by atoms with Gasteiger partial charge in [-0.25, -0.2) is 9.18 Å². The van der Waals surface area contributed by atoms with Crippen molar-refractivity contribution in [1.29, 1.82) is 0 Å². The summed E-state index contributed by atoms with van der Waals surface area (Å²) in [6.07, 6.45) is 0.770. The van der Waals surface area contributed by atoms with Gasteiger partial charge >= 0.3 is 5.97 Å². The molecule has 0 bridgehead atoms. The van der Waals surface area contributed by atoms with Crippen molar-refractivity contribution in [1.82, 2.24) is 10.6 Å². The lowest BCUT2D eigenvalue weighted by atomic mass is 9.98. The molecule has 0 heterocycles. The Morgan fingerprint density at radius 1 is 1.24 bits per heavy atom. The average Bonchev–Trinajstić information content (AvgIpc) is 2.57. The third-order valence-corrected chi connectivity index (χ3v) is 3.99. The molecule has 0 radical (unpaired) electrons. The summed E-state index contributed by atoms with van der Waals surface area (Å²) in [5.41, 5.74) is 0.562. The molecule has 7 heteroatoms. The Hall–Kier alpha value is -2.44. The summed E-state index contributed by atoms with van der Waals surface area (Å²) >= 11 is 0. The smallest absolute Gasteiger partial charge is 0.328 e. The van der Waals surface area contributed by atoms with E-state index in [1.807, 2.05) is 13.8 Å². The van der Waals surface area contributed by atoms with Gasteiger partial charge in [0.25, 0.3) is 0 Å². The minimum atomic E-state index is -0.921. The summed E-state index contributed by atoms with van der Waals surface area (Å²) < 4.78 is 18.1. The quantitative estimate of drug-likeness (QED) is 0.696. The summed E-state index contributed by atoms with van der Waals surface area (Å²) in [5, 5.41) is 5.18. The van der Waals surface area contributed by atoms with E-state index < -0.39 is 35.7 Å². The van der Waals surface area contributed by atoms with Crippen molar-refractivity contribution >= 4 is 17.8 Å². The number of amides is 2. The Labute approximate surface area is 147 Å². The maximum Gasteiger partial charge on any atom is 0.328 e. The number of carbonyl (C=O) groups is 3. The minimum Gasteiger partial charge on any atom is -0.467 e. The van der Waals surface area contributed by atoms with Gasteiger partial charge in [0.15, 0.2) is 0 Å². The normalized spacial score (nSPS) is 14.1. The van der Waals surface area contributed by atoms with Gasteiger partial charge in [0, 0.05) is 13.3 Å². The SMILES string of the molecule is CC[C@@H](C)[C@H](NC(=O)[C@@H](Cc1cccc(F)c1)NC(C)=O)C(=O)OC. The Kier molecular flexibility index (Phi) is 8.04. The molecule has 6 nitrogen and oxygen atoms in total. The number of carbonyl (C=O) groups excluding carboxylic acids is 3. The number of ether oxygens (including phenoxy) is 1. The number of halogens is 1. The molecule has 25 heavy (non-hydrogen) atoms. The Balaban J connectivity index is 2.94. The summed E-state index contributed by atoms with van der Waals surface area (Å²) in [6.45, 7) is 5.00. The molecule has 0 aliphatic carbocycles. The molecule has 2 amide bonds. The van der Waals surface area contributed by atoms with E-state index in [9.17, 15) is 18.8 Å². The molecule has 0 aliphatic rings. The predicted molar refractivity (Wildman–Crippen MR) is 91.1 cm³/mol. The van der Waals surface area contributed by atoms with Crippen LogP contribution in [0, 0.1) is 11.7 Å². The van der Waals surface area contributed by atoms with Crippen molar-refractivity contribution < 1.29 is 23.5 Å².